The second-order valence-electron chi connectivity index (χ2n) is 2.93. The van der Waals surface area contributed by atoms with Crippen molar-refractivity contribution in [2.24, 2.45) is 5.73 Å². The van der Waals surface area contributed by atoms with Gasteiger partial charge in [0.25, 0.3) is 0 Å². The van der Waals surface area contributed by atoms with Gasteiger partial charge in [0.1, 0.15) is 5.75 Å². The second-order valence-corrected chi connectivity index (χ2v) is 4.02. The maximum absolute atomic E-state index is 8.74. The molecule has 0 bridgehead atoms. The fourth-order valence-corrected chi connectivity index (χ4v) is 1.77. The maximum atomic E-state index is 8.74. The van der Waals surface area contributed by atoms with Gasteiger partial charge >= 0.3 is 0 Å². The lowest BCUT2D eigenvalue weighted by atomic mass is 10.3. The summed E-state index contributed by atoms with van der Waals surface area (Å²) >= 11 is 1.63. The minimum atomic E-state index is -0.151. The van der Waals surface area contributed by atoms with Gasteiger partial charge in [-0.05, 0) is 24.3 Å². The van der Waals surface area contributed by atoms with E-state index in [1.165, 1.54) is 0 Å². The van der Waals surface area contributed by atoms with Crippen molar-refractivity contribution in [1.29, 1.82) is 0 Å². The largest absolute Gasteiger partial charge is 0.497 e. The molecule has 1 unspecified atom stereocenters. The number of hydrogen-bond donors (Lipinski definition) is 2. The molecule has 0 heterocycles. The molecule has 0 radical (unpaired) electrons. The molecular formula is C10H15NO2S. The fourth-order valence-electron chi connectivity index (χ4n) is 0.928. The van der Waals surface area contributed by atoms with E-state index in [1.807, 2.05) is 24.3 Å². The summed E-state index contributed by atoms with van der Waals surface area (Å²) < 4.78 is 5.04. The first-order chi connectivity index (χ1) is 6.76. The number of aliphatic hydroxyl groups excluding tert-OH is 1. The molecule has 1 aromatic rings. The predicted octanol–water partition coefficient (Wildman–Crippen LogP) is 1.11. The van der Waals surface area contributed by atoms with E-state index in [4.69, 9.17) is 15.6 Å². The standard InChI is InChI=1S/C10H15NO2S/c1-13-9-2-4-10(5-3-9)14-7-8(11)6-12/h2-5,8,12H,6-7,11H2,1H3. The van der Waals surface area contributed by atoms with Crippen LogP contribution in [0.1, 0.15) is 0 Å². The zero-order valence-corrected chi connectivity index (χ0v) is 8.96. The zero-order valence-electron chi connectivity index (χ0n) is 8.14. The molecule has 14 heavy (non-hydrogen) atoms. The van der Waals surface area contributed by atoms with Crippen LogP contribution in [-0.2, 0) is 0 Å². The van der Waals surface area contributed by atoms with E-state index in [1.54, 1.807) is 18.9 Å². The van der Waals surface area contributed by atoms with Gasteiger partial charge < -0.3 is 15.6 Å². The Labute approximate surface area is 88.3 Å². The molecule has 0 fully saturated rings. The van der Waals surface area contributed by atoms with E-state index in [0.717, 1.165) is 16.4 Å². The molecule has 1 rings (SSSR count). The van der Waals surface area contributed by atoms with Crippen molar-refractivity contribution in [3.63, 3.8) is 0 Å². The number of hydrogen-bond acceptors (Lipinski definition) is 4. The molecule has 4 heteroatoms. The zero-order chi connectivity index (χ0) is 10.4. The molecule has 3 N–H and O–H groups in total. The van der Waals surface area contributed by atoms with E-state index in [9.17, 15) is 0 Å². The van der Waals surface area contributed by atoms with E-state index in [-0.39, 0.29) is 12.6 Å². The summed E-state index contributed by atoms with van der Waals surface area (Å²) in [5.74, 6) is 1.57. The number of nitrogens with two attached hydrogens (primary N) is 1. The Bertz CT molecular complexity index is 263. The van der Waals surface area contributed by atoms with E-state index in [2.05, 4.69) is 0 Å². The van der Waals surface area contributed by atoms with Crippen molar-refractivity contribution < 1.29 is 9.84 Å². The van der Waals surface area contributed by atoms with Crippen molar-refractivity contribution in [1.82, 2.24) is 0 Å². The van der Waals surface area contributed by atoms with Crippen LogP contribution < -0.4 is 10.5 Å². The van der Waals surface area contributed by atoms with Crippen molar-refractivity contribution in [2.75, 3.05) is 19.5 Å². The topological polar surface area (TPSA) is 55.5 Å². The summed E-state index contributed by atoms with van der Waals surface area (Å²) in [6.45, 7) is 0.0309. The molecule has 0 saturated carbocycles. The number of methoxy groups -OCH3 is 1. The van der Waals surface area contributed by atoms with Gasteiger partial charge in [-0.2, -0.15) is 0 Å². The fraction of sp³-hybridized carbons (Fsp3) is 0.400. The van der Waals surface area contributed by atoms with Gasteiger partial charge in [0.2, 0.25) is 0 Å². The lowest BCUT2D eigenvalue weighted by Crippen LogP contribution is -2.26. The molecule has 0 aromatic heterocycles. The first-order valence-electron chi connectivity index (χ1n) is 4.39. The van der Waals surface area contributed by atoms with E-state index < -0.39 is 0 Å². The minimum absolute atomic E-state index is 0.0309. The Kier molecular flexibility index (Phi) is 4.79. The van der Waals surface area contributed by atoms with Crippen LogP contribution in [0.15, 0.2) is 29.2 Å². The summed E-state index contributed by atoms with van der Waals surface area (Å²) in [4.78, 5) is 1.13. The number of ether oxygens (including phenoxy) is 1. The first-order valence-corrected chi connectivity index (χ1v) is 5.38. The smallest absolute Gasteiger partial charge is 0.118 e. The Morgan fingerprint density at radius 3 is 2.57 bits per heavy atom. The molecule has 1 atom stereocenters. The summed E-state index contributed by atoms with van der Waals surface area (Å²) in [7, 11) is 1.64. The monoisotopic (exact) mass is 213 g/mol. The molecule has 0 aliphatic rings. The molecule has 1 aromatic carbocycles. The summed E-state index contributed by atoms with van der Waals surface area (Å²) in [5.41, 5.74) is 5.58. The highest BCUT2D eigenvalue weighted by atomic mass is 32.2. The SMILES string of the molecule is COc1ccc(SCC(N)CO)cc1. The molecule has 0 amide bonds. The van der Waals surface area contributed by atoms with Crippen LogP contribution in [0.5, 0.6) is 5.75 Å². The summed E-state index contributed by atoms with van der Waals surface area (Å²) in [6, 6.07) is 7.63. The highest BCUT2D eigenvalue weighted by Gasteiger charge is 2.01. The molecule has 0 aliphatic heterocycles. The molecular weight excluding hydrogens is 198 g/mol. The predicted molar refractivity (Wildman–Crippen MR) is 58.8 cm³/mol. The Hall–Kier alpha value is -0.710. The number of aliphatic hydroxyl groups is 1. The van der Waals surface area contributed by atoms with Crippen molar-refractivity contribution in [3.05, 3.63) is 24.3 Å². The third kappa shape index (κ3) is 3.57. The van der Waals surface area contributed by atoms with Gasteiger partial charge in [0, 0.05) is 16.7 Å². The van der Waals surface area contributed by atoms with Gasteiger partial charge in [0.05, 0.1) is 13.7 Å². The number of thioether (sulfide) groups is 1. The molecule has 78 valence electrons. The summed E-state index contributed by atoms with van der Waals surface area (Å²) in [6.07, 6.45) is 0. The Balaban J connectivity index is 2.43. The van der Waals surface area contributed by atoms with Crippen LogP contribution in [0.25, 0.3) is 0 Å². The van der Waals surface area contributed by atoms with Crippen molar-refractivity contribution in [2.45, 2.75) is 10.9 Å². The number of rotatable bonds is 5. The quantitative estimate of drug-likeness (QED) is 0.719. The third-order valence-electron chi connectivity index (χ3n) is 1.76. The minimum Gasteiger partial charge on any atom is -0.497 e. The van der Waals surface area contributed by atoms with Crippen molar-refractivity contribution in [3.8, 4) is 5.75 Å². The Morgan fingerprint density at radius 1 is 1.43 bits per heavy atom. The first kappa shape index (κ1) is 11.4. The van der Waals surface area contributed by atoms with Crippen LogP contribution in [-0.4, -0.2) is 30.6 Å². The molecule has 0 spiro atoms. The Morgan fingerprint density at radius 2 is 2.07 bits per heavy atom. The third-order valence-corrected chi connectivity index (χ3v) is 2.96. The second kappa shape index (κ2) is 5.90. The van der Waals surface area contributed by atoms with Gasteiger partial charge in [-0.1, -0.05) is 0 Å². The van der Waals surface area contributed by atoms with Crippen LogP contribution in [0.3, 0.4) is 0 Å². The number of benzene rings is 1. The van der Waals surface area contributed by atoms with Crippen molar-refractivity contribution >= 4 is 11.8 Å². The van der Waals surface area contributed by atoms with Gasteiger partial charge in [-0.3, -0.25) is 0 Å². The van der Waals surface area contributed by atoms with Gasteiger partial charge in [-0.25, -0.2) is 0 Å². The van der Waals surface area contributed by atoms with Crippen LogP contribution in [0.2, 0.25) is 0 Å². The lowest BCUT2D eigenvalue weighted by Gasteiger charge is -2.07. The molecule has 0 aliphatic carbocycles. The van der Waals surface area contributed by atoms with E-state index >= 15 is 0 Å². The molecule has 0 saturated heterocycles. The average molecular weight is 213 g/mol. The highest BCUT2D eigenvalue weighted by Crippen LogP contribution is 2.21. The van der Waals surface area contributed by atoms with Gasteiger partial charge in [0.15, 0.2) is 0 Å². The van der Waals surface area contributed by atoms with Crippen LogP contribution >= 0.6 is 11.8 Å². The van der Waals surface area contributed by atoms with Crippen LogP contribution in [0.4, 0.5) is 0 Å². The molecule has 3 nitrogen and oxygen atoms in total. The van der Waals surface area contributed by atoms with E-state index in [0.29, 0.717) is 0 Å². The highest BCUT2D eigenvalue weighted by molar-refractivity contribution is 7.99. The summed E-state index contributed by atoms with van der Waals surface area (Å²) in [5, 5.41) is 8.74. The maximum Gasteiger partial charge on any atom is 0.118 e. The van der Waals surface area contributed by atoms with Crippen LogP contribution in [0, 0.1) is 0 Å². The average Bonchev–Trinajstić information content (AvgIpc) is 2.26. The lowest BCUT2D eigenvalue weighted by molar-refractivity contribution is 0.275. The normalized spacial score (nSPS) is 12.5. The van der Waals surface area contributed by atoms with Gasteiger partial charge in [-0.15, -0.1) is 11.8 Å².